The van der Waals surface area contributed by atoms with Crippen molar-refractivity contribution >= 4 is 0 Å². The number of aromatic nitrogens is 2. The normalized spacial score (nSPS) is 20.0. The third-order valence-corrected chi connectivity index (χ3v) is 4.37. The second-order valence-corrected chi connectivity index (χ2v) is 6.12. The summed E-state index contributed by atoms with van der Waals surface area (Å²) >= 11 is 0. The number of halogens is 1. The van der Waals surface area contributed by atoms with Gasteiger partial charge in [-0.25, -0.2) is 9.18 Å². The van der Waals surface area contributed by atoms with Crippen LogP contribution in [0.2, 0.25) is 0 Å². The summed E-state index contributed by atoms with van der Waals surface area (Å²) in [6.07, 6.45) is 10.4. The number of rotatable bonds is 4. The fourth-order valence-corrected chi connectivity index (χ4v) is 3.07. The topological polar surface area (TPSA) is 48.0 Å². The van der Waals surface area contributed by atoms with Gasteiger partial charge in [-0.2, -0.15) is 0 Å². The molecule has 0 N–H and O–H groups in total. The van der Waals surface area contributed by atoms with Crippen molar-refractivity contribution in [2.45, 2.75) is 45.1 Å². The van der Waals surface area contributed by atoms with Gasteiger partial charge in [0.15, 0.2) is 5.82 Å². The first kappa shape index (κ1) is 15.7. The standard InChI is InChI=1S/C18H21FN2O2/c19-16-10-8-14(9-11-16)12-17-20-23-18(22)21(17)13-15-6-4-2-1-3-5-7-15/h1-2,8-11,15H,3-7,12-13H2/b2-1-. The van der Waals surface area contributed by atoms with Gasteiger partial charge in [-0.15, -0.1) is 0 Å². The first-order chi connectivity index (χ1) is 11.2. The summed E-state index contributed by atoms with van der Waals surface area (Å²) in [4.78, 5) is 12.0. The van der Waals surface area contributed by atoms with E-state index in [2.05, 4.69) is 17.3 Å². The highest BCUT2D eigenvalue weighted by Crippen LogP contribution is 2.21. The fourth-order valence-electron chi connectivity index (χ4n) is 3.07. The zero-order valence-corrected chi connectivity index (χ0v) is 13.1. The summed E-state index contributed by atoms with van der Waals surface area (Å²) in [5.41, 5.74) is 0.911. The molecule has 0 amide bonds. The summed E-state index contributed by atoms with van der Waals surface area (Å²) in [6.45, 7) is 0.646. The largest absolute Gasteiger partial charge is 0.441 e. The van der Waals surface area contributed by atoms with E-state index in [1.54, 1.807) is 16.7 Å². The molecule has 1 aliphatic carbocycles. The summed E-state index contributed by atoms with van der Waals surface area (Å²) in [5, 5.41) is 3.91. The molecular weight excluding hydrogens is 295 g/mol. The van der Waals surface area contributed by atoms with Crippen molar-refractivity contribution in [1.29, 1.82) is 0 Å². The minimum absolute atomic E-state index is 0.270. The number of allylic oxidation sites excluding steroid dienone is 2. The van der Waals surface area contributed by atoms with E-state index >= 15 is 0 Å². The van der Waals surface area contributed by atoms with Gasteiger partial charge < -0.3 is 0 Å². The lowest BCUT2D eigenvalue weighted by molar-refractivity contribution is 0.341. The molecule has 1 heterocycles. The summed E-state index contributed by atoms with van der Waals surface area (Å²) in [7, 11) is 0. The van der Waals surface area contributed by atoms with Crippen LogP contribution in [0.25, 0.3) is 0 Å². The zero-order valence-electron chi connectivity index (χ0n) is 13.1. The van der Waals surface area contributed by atoms with Gasteiger partial charge in [0.2, 0.25) is 0 Å². The second-order valence-electron chi connectivity index (χ2n) is 6.12. The molecule has 3 rings (SSSR count). The predicted octanol–water partition coefficient (Wildman–Crippen LogP) is 3.70. The van der Waals surface area contributed by atoms with Crippen LogP contribution in [0, 0.1) is 11.7 Å². The van der Waals surface area contributed by atoms with Crippen molar-refractivity contribution in [1.82, 2.24) is 9.72 Å². The van der Waals surface area contributed by atoms with Gasteiger partial charge in [-0.3, -0.25) is 9.09 Å². The summed E-state index contributed by atoms with van der Waals surface area (Å²) in [6, 6.07) is 6.25. The molecule has 2 aromatic rings. The van der Waals surface area contributed by atoms with Gasteiger partial charge in [0.25, 0.3) is 0 Å². The van der Waals surface area contributed by atoms with E-state index in [1.807, 2.05) is 0 Å². The van der Waals surface area contributed by atoms with Crippen LogP contribution in [-0.2, 0) is 13.0 Å². The Bertz CT molecular complexity index is 715. The summed E-state index contributed by atoms with van der Waals surface area (Å²) in [5.74, 6) is 0.400. The van der Waals surface area contributed by atoms with Gasteiger partial charge in [-0.1, -0.05) is 29.4 Å². The van der Waals surface area contributed by atoms with E-state index in [4.69, 9.17) is 4.52 Å². The average molecular weight is 316 g/mol. The molecule has 0 saturated carbocycles. The molecule has 1 aromatic carbocycles. The minimum atomic E-state index is -0.403. The van der Waals surface area contributed by atoms with Crippen molar-refractivity contribution in [2.24, 2.45) is 5.92 Å². The molecule has 0 fully saturated rings. The minimum Gasteiger partial charge on any atom is -0.296 e. The van der Waals surface area contributed by atoms with Crippen LogP contribution in [-0.4, -0.2) is 9.72 Å². The van der Waals surface area contributed by atoms with Crippen molar-refractivity contribution in [2.75, 3.05) is 0 Å². The van der Waals surface area contributed by atoms with E-state index in [-0.39, 0.29) is 5.82 Å². The maximum atomic E-state index is 13.0. The van der Waals surface area contributed by atoms with Gasteiger partial charge in [0.05, 0.1) is 0 Å². The Balaban J connectivity index is 1.74. The van der Waals surface area contributed by atoms with E-state index in [1.165, 1.54) is 12.1 Å². The first-order valence-corrected chi connectivity index (χ1v) is 8.17. The fraction of sp³-hybridized carbons (Fsp3) is 0.444. The lowest BCUT2D eigenvalue weighted by Crippen LogP contribution is -2.23. The highest BCUT2D eigenvalue weighted by atomic mass is 19.1. The third kappa shape index (κ3) is 4.18. The Morgan fingerprint density at radius 2 is 1.96 bits per heavy atom. The second kappa shape index (κ2) is 7.40. The Morgan fingerprint density at radius 1 is 1.17 bits per heavy atom. The number of benzene rings is 1. The van der Waals surface area contributed by atoms with E-state index < -0.39 is 5.76 Å². The number of hydrogen-bond acceptors (Lipinski definition) is 3. The maximum Gasteiger partial charge on any atom is 0.441 e. The predicted molar refractivity (Wildman–Crippen MR) is 85.7 cm³/mol. The molecule has 0 aliphatic heterocycles. The molecule has 0 bridgehead atoms. The Morgan fingerprint density at radius 3 is 2.78 bits per heavy atom. The zero-order chi connectivity index (χ0) is 16.1. The summed E-state index contributed by atoms with van der Waals surface area (Å²) < 4.78 is 19.5. The van der Waals surface area contributed by atoms with E-state index in [9.17, 15) is 9.18 Å². The van der Waals surface area contributed by atoms with Gasteiger partial charge in [0.1, 0.15) is 5.82 Å². The molecule has 0 spiro atoms. The highest BCUT2D eigenvalue weighted by Gasteiger charge is 2.17. The van der Waals surface area contributed by atoms with Crippen LogP contribution in [0.1, 0.15) is 43.5 Å². The van der Waals surface area contributed by atoms with Crippen LogP contribution in [0.3, 0.4) is 0 Å². The first-order valence-electron chi connectivity index (χ1n) is 8.17. The molecule has 0 saturated heterocycles. The van der Waals surface area contributed by atoms with Gasteiger partial charge in [-0.05, 0) is 55.7 Å². The third-order valence-electron chi connectivity index (χ3n) is 4.37. The monoisotopic (exact) mass is 316 g/mol. The van der Waals surface area contributed by atoms with Crippen molar-refractivity contribution in [3.05, 3.63) is 64.2 Å². The molecule has 0 radical (unpaired) electrons. The molecule has 122 valence electrons. The maximum absolute atomic E-state index is 13.0. The molecule has 5 heteroatoms. The van der Waals surface area contributed by atoms with Crippen LogP contribution in [0.15, 0.2) is 45.7 Å². The molecule has 1 unspecified atom stereocenters. The van der Waals surface area contributed by atoms with Crippen LogP contribution < -0.4 is 5.76 Å². The molecule has 23 heavy (non-hydrogen) atoms. The molecular formula is C18H21FN2O2. The van der Waals surface area contributed by atoms with Gasteiger partial charge in [0, 0.05) is 13.0 Å². The van der Waals surface area contributed by atoms with Gasteiger partial charge >= 0.3 is 5.76 Å². The van der Waals surface area contributed by atoms with Crippen molar-refractivity contribution < 1.29 is 8.91 Å². The molecule has 1 atom stereocenters. The molecule has 1 aromatic heterocycles. The van der Waals surface area contributed by atoms with Crippen LogP contribution in [0.5, 0.6) is 0 Å². The SMILES string of the molecule is O=c1onc(Cc2ccc(F)cc2)n1CC1CC/C=C\CCC1. The molecule has 4 nitrogen and oxygen atoms in total. The Kier molecular flexibility index (Phi) is 5.05. The average Bonchev–Trinajstić information content (AvgIpc) is 2.85. The Hall–Kier alpha value is -2.17. The Labute approximate surface area is 134 Å². The van der Waals surface area contributed by atoms with Crippen LogP contribution in [0.4, 0.5) is 4.39 Å². The van der Waals surface area contributed by atoms with E-state index in [0.717, 1.165) is 37.7 Å². The highest BCUT2D eigenvalue weighted by molar-refractivity contribution is 5.19. The number of nitrogens with zero attached hydrogens (tertiary/aromatic N) is 2. The molecule has 1 aliphatic rings. The van der Waals surface area contributed by atoms with Crippen molar-refractivity contribution in [3.63, 3.8) is 0 Å². The van der Waals surface area contributed by atoms with Crippen molar-refractivity contribution in [3.8, 4) is 0 Å². The lowest BCUT2D eigenvalue weighted by atomic mass is 9.94. The number of hydrogen-bond donors (Lipinski definition) is 0. The smallest absolute Gasteiger partial charge is 0.296 e. The van der Waals surface area contributed by atoms with Crippen LogP contribution >= 0.6 is 0 Å². The lowest BCUT2D eigenvalue weighted by Gasteiger charge is -2.18. The van der Waals surface area contributed by atoms with E-state index in [0.29, 0.717) is 24.7 Å². The quantitative estimate of drug-likeness (QED) is 0.808.